The number of ether oxygens (including phenoxy) is 1. The summed E-state index contributed by atoms with van der Waals surface area (Å²) in [5.41, 5.74) is 0.707. The zero-order valence-corrected chi connectivity index (χ0v) is 13.2. The molecule has 1 aromatic carbocycles. The van der Waals surface area contributed by atoms with E-state index in [1.165, 1.54) is 0 Å². The number of amides is 1. The van der Waals surface area contributed by atoms with Gasteiger partial charge in [-0.15, -0.1) is 0 Å². The maximum atomic E-state index is 11.7. The lowest BCUT2D eigenvalue weighted by Gasteiger charge is -2.05. The van der Waals surface area contributed by atoms with E-state index >= 15 is 0 Å². The van der Waals surface area contributed by atoms with E-state index in [4.69, 9.17) is 4.74 Å². The lowest BCUT2D eigenvalue weighted by atomic mass is 10.2. The van der Waals surface area contributed by atoms with E-state index in [0.29, 0.717) is 25.3 Å². The molecule has 0 radical (unpaired) electrons. The van der Waals surface area contributed by atoms with Crippen molar-refractivity contribution in [3.8, 4) is 0 Å². The van der Waals surface area contributed by atoms with E-state index in [-0.39, 0.29) is 5.91 Å². The Morgan fingerprint density at radius 3 is 2.94 bits per heavy atom. The van der Waals surface area contributed by atoms with Crippen LogP contribution in [0.25, 0.3) is 0 Å². The van der Waals surface area contributed by atoms with Gasteiger partial charge in [-0.2, -0.15) is 0 Å². The lowest BCUT2D eigenvalue weighted by Crippen LogP contribution is -2.25. The van der Waals surface area contributed by atoms with E-state index in [2.05, 4.69) is 43.8 Å². The first-order valence-corrected chi connectivity index (χ1v) is 7.61. The summed E-state index contributed by atoms with van der Waals surface area (Å²) in [6.07, 6.45) is 0.836. The summed E-state index contributed by atoms with van der Waals surface area (Å²) in [6, 6.07) is 7.54. The van der Waals surface area contributed by atoms with Crippen molar-refractivity contribution < 1.29 is 9.53 Å². The Labute approximate surface area is 124 Å². The predicted octanol–water partition coefficient (Wildman–Crippen LogP) is 2.82. The second-order valence-electron chi connectivity index (χ2n) is 3.42. The summed E-state index contributed by atoms with van der Waals surface area (Å²) in [5.74, 6) is -0.0241. The van der Waals surface area contributed by atoms with Gasteiger partial charge in [-0.25, -0.2) is 0 Å². The van der Waals surface area contributed by atoms with Gasteiger partial charge in [0, 0.05) is 27.6 Å². The number of carbonyl (C=O) groups excluding carboxylic acids is 1. The molecule has 1 rings (SSSR count). The molecule has 0 aliphatic carbocycles. The van der Waals surface area contributed by atoms with E-state index in [0.717, 1.165) is 15.3 Å². The number of nitrogens with one attached hydrogen (secondary N) is 1. The van der Waals surface area contributed by atoms with E-state index in [1.54, 1.807) is 0 Å². The van der Waals surface area contributed by atoms with Crippen LogP contribution in [0.2, 0.25) is 0 Å². The third-order valence-corrected chi connectivity index (χ3v) is 3.05. The summed E-state index contributed by atoms with van der Waals surface area (Å²) in [4.78, 5) is 11.7. The molecule has 94 valence electrons. The molecule has 0 saturated carbocycles. The third-order valence-electron chi connectivity index (χ3n) is 2.06. The molecule has 0 bridgehead atoms. The van der Waals surface area contributed by atoms with Gasteiger partial charge in [-0.05, 0) is 47.2 Å². The van der Waals surface area contributed by atoms with Crippen LogP contribution in [0, 0.1) is 3.57 Å². The fourth-order valence-corrected chi connectivity index (χ4v) is 2.04. The maximum absolute atomic E-state index is 11.7. The van der Waals surface area contributed by atoms with Gasteiger partial charge in [0.1, 0.15) is 0 Å². The second-order valence-corrected chi connectivity index (χ2v) is 5.46. The summed E-state index contributed by atoms with van der Waals surface area (Å²) in [6.45, 7) is 2.04. The van der Waals surface area contributed by atoms with Crippen molar-refractivity contribution in [1.29, 1.82) is 0 Å². The second kappa shape index (κ2) is 8.88. The molecule has 1 N–H and O–H groups in total. The molecule has 0 atom stereocenters. The SMILES string of the molecule is O=C(NCCCOCCBr)c1cccc(I)c1. The van der Waals surface area contributed by atoms with Gasteiger partial charge in [0.25, 0.3) is 5.91 Å². The highest BCUT2D eigenvalue weighted by atomic mass is 127. The number of carbonyl (C=O) groups is 1. The smallest absolute Gasteiger partial charge is 0.251 e. The Hall–Kier alpha value is -0.140. The number of halogens is 2. The third kappa shape index (κ3) is 6.38. The predicted molar refractivity (Wildman–Crippen MR) is 80.7 cm³/mol. The van der Waals surface area contributed by atoms with Crippen molar-refractivity contribution in [2.45, 2.75) is 6.42 Å². The summed E-state index contributed by atoms with van der Waals surface area (Å²) in [5, 5.41) is 3.72. The van der Waals surface area contributed by atoms with E-state index < -0.39 is 0 Å². The zero-order valence-electron chi connectivity index (χ0n) is 9.42. The van der Waals surface area contributed by atoms with Crippen LogP contribution in [-0.4, -0.2) is 31.0 Å². The first kappa shape index (κ1) is 14.9. The van der Waals surface area contributed by atoms with Gasteiger partial charge in [0.05, 0.1) is 6.61 Å². The standard InChI is InChI=1S/C12H15BrINO2/c13-5-8-17-7-2-6-15-12(16)10-3-1-4-11(14)9-10/h1,3-4,9H,2,5-8H2,(H,15,16). The molecule has 0 spiro atoms. The highest BCUT2D eigenvalue weighted by Gasteiger charge is 2.04. The molecule has 0 heterocycles. The highest BCUT2D eigenvalue weighted by molar-refractivity contribution is 14.1. The van der Waals surface area contributed by atoms with Gasteiger partial charge in [0.2, 0.25) is 0 Å². The van der Waals surface area contributed by atoms with Crippen molar-refractivity contribution in [3.05, 3.63) is 33.4 Å². The molecule has 17 heavy (non-hydrogen) atoms. The van der Waals surface area contributed by atoms with E-state index in [9.17, 15) is 4.79 Å². The number of hydrogen-bond donors (Lipinski definition) is 1. The fraction of sp³-hybridized carbons (Fsp3) is 0.417. The van der Waals surface area contributed by atoms with Gasteiger partial charge in [0.15, 0.2) is 0 Å². The maximum Gasteiger partial charge on any atom is 0.251 e. The highest BCUT2D eigenvalue weighted by Crippen LogP contribution is 2.07. The number of alkyl halides is 1. The number of rotatable bonds is 7. The summed E-state index contributed by atoms with van der Waals surface area (Å²) >= 11 is 5.48. The lowest BCUT2D eigenvalue weighted by molar-refractivity contribution is 0.0944. The molecule has 0 fully saturated rings. The summed E-state index contributed by atoms with van der Waals surface area (Å²) < 4.78 is 6.36. The van der Waals surface area contributed by atoms with Gasteiger partial charge < -0.3 is 10.1 Å². The van der Waals surface area contributed by atoms with Crippen LogP contribution >= 0.6 is 38.5 Å². The first-order valence-electron chi connectivity index (χ1n) is 5.41. The molecule has 0 aromatic heterocycles. The van der Waals surface area contributed by atoms with Crippen LogP contribution < -0.4 is 5.32 Å². The molecule has 1 amide bonds. The van der Waals surface area contributed by atoms with Gasteiger partial charge >= 0.3 is 0 Å². The topological polar surface area (TPSA) is 38.3 Å². The van der Waals surface area contributed by atoms with Crippen molar-refractivity contribution >= 4 is 44.4 Å². The summed E-state index contributed by atoms with van der Waals surface area (Å²) in [7, 11) is 0. The van der Waals surface area contributed by atoms with Crippen LogP contribution in [0.15, 0.2) is 24.3 Å². The molecule has 0 saturated heterocycles. The van der Waals surface area contributed by atoms with Crippen LogP contribution in [-0.2, 0) is 4.74 Å². The minimum absolute atomic E-state index is 0.0241. The van der Waals surface area contributed by atoms with Crippen LogP contribution in [0.5, 0.6) is 0 Å². The Bertz CT molecular complexity index is 360. The van der Waals surface area contributed by atoms with Crippen LogP contribution in [0.4, 0.5) is 0 Å². The molecule has 0 aliphatic heterocycles. The van der Waals surface area contributed by atoms with Crippen molar-refractivity contribution in [1.82, 2.24) is 5.32 Å². The molecule has 5 heteroatoms. The fourth-order valence-electron chi connectivity index (χ4n) is 1.26. The Morgan fingerprint density at radius 2 is 2.24 bits per heavy atom. The molecule has 1 aromatic rings. The normalized spacial score (nSPS) is 10.2. The monoisotopic (exact) mass is 411 g/mol. The van der Waals surface area contributed by atoms with E-state index in [1.807, 2.05) is 24.3 Å². The molecule has 3 nitrogen and oxygen atoms in total. The van der Waals surface area contributed by atoms with Crippen molar-refractivity contribution in [2.24, 2.45) is 0 Å². The largest absolute Gasteiger partial charge is 0.381 e. The van der Waals surface area contributed by atoms with Crippen molar-refractivity contribution in [3.63, 3.8) is 0 Å². The molecular formula is C12H15BrINO2. The average Bonchev–Trinajstić information content (AvgIpc) is 2.33. The zero-order chi connectivity index (χ0) is 12.5. The van der Waals surface area contributed by atoms with Crippen LogP contribution in [0.1, 0.15) is 16.8 Å². The molecule has 0 unspecified atom stereocenters. The molecule has 0 aliphatic rings. The Kier molecular flexibility index (Phi) is 7.79. The molecular weight excluding hydrogens is 397 g/mol. The van der Waals surface area contributed by atoms with Gasteiger partial charge in [-0.1, -0.05) is 22.0 Å². The number of hydrogen-bond acceptors (Lipinski definition) is 2. The van der Waals surface area contributed by atoms with Crippen LogP contribution in [0.3, 0.4) is 0 Å². The average molecular weight is 412 g/mol. The minimum Gasteiger partial charge on any atom is -0.381 e. The van der Waals surface area contributed by atoms with Gasteiger partial charge in [-0.3, -0.25) is 4.79 Å². The minimum atomic E-state index is -0.0241. The Balaban J connectivity index is 2.21. The number of benzene rings is 1. The first-order chi connectivity index (χ1) is 8.24. The quantitative estimate of drug-likeness (QED) is 0.425. The van der Waals surface area contributed by atoms with Crippen molar-refractivity contribution in [2.75, 3.05) is 25.1 Å². The Morgan fingerprint density at radius 1 is 1.41 bits per heavy atom.